The van der Waals surface area contributed by atoms with Gasteiger partial charge in [-0.25, -0.2) is 8.42 Å². The number of carbonyl (C=O) groups is 1. The molecule has 0 bridgehead atoms. The van der Waals surface area contributed by atoms with E-state index in [1.807, 2.05) is 0 Å². The molecule has 18 heavy (non-hydrogen) atoms. The molecule has 0 spiro atoms. The highest BCUT2D eigenvalue weighted by molar-refractivity contribution is 7.91. The second-order valence-corrected chi connectivity index (χ2v) is 6.73. The highest BCUT2D eigenvalue weighted by Crippen LogP contribution is 2.16. The van der Waals surface area contributed by atoms with Gasteiger partial charge in [0.25, 0.3) is 0 Å². The van der Waals surface area contributed by atoms with Gasteiger partial charge < -0.3 is 10.6 Å². The summed E-state index contributed by atoms with van der Waals surface area (Å²) in [7, 11) is -1.35. The first-order valence-electron chi connectivity index (χ1n) is 5.62. The van der Waals surface area contributed by atoms with E-state index in [4.69, 9.17) is 5.73 Å². The molecular weight excluding hydrogens is 256 g/mol. The molecular formula is C10H16N4O3S. The van der Waals surface area contributed by atoms with E-state index in [0.717, 1.165) is 0 Å². The second-order valence-electron chi connectivity index (χ2n) is 4.50. The van der Waals surface area contributed by atoms with Gasteiger partial charge in [-0.05, 0) is 12.5 Å². The summed E-state index contributed by atoms with van der Waals surface area (Å²) in [6.07, 6.45) is 2.12. The van der Waals surface area contributed by atoms with Crippen molar-refractivity contribution in [3.8, 4) is 0 Å². The van der Waals surface area contributed by atoms with Crippen LogP contribution in [0.25, 0.3) is 0 Å². The number of rotatable bonds is 3. The number of hydrogen-bond donors (Lipinski definition) is 1. The molecule has 1 unspecified atom stereocenters. The fourth-order valence-corrected chi connectivity index (χ4v) is 3.77. The van der Waals surface area contributed by atoms with Crippen LogP contribution in [0.15, 0.2) is 12.3 Å². The van der Waals surface area contributed by atoms with Crippen LogP contribution in [-0.4, -0.2) is 53.6 Å². The Morgan fingerprint density at radius 1 is 1.67 bits per heavy atom. The third kappa shape index (κ3) is 2.81. The van der Waals surface area contributed by atoms with Crippen LogP contribution in [-0.2, 0) is 21.2 Å². The van der Waals surface area contributed by atoms with Crippen LogP contribution in [0.4, 0.5) is 5.82 Å². The fourth-order valence-electron chi connectivity index (χ4n) is 2.00. The van der Waals surface area contributed by atoms with Crippen molar-refractivity contribution in [2.75, 3.05) is 24.3 Å². The lowest BCUT2D eigenvalue weighted by molar-refractivity contribution is -0.132. The van der Waals surface area contributed by atoms with Crippen molar-refractivity contribution in [3.05, 3.63) is 12.3 Å². The molecule has 2 heterocycles. The van der Waals surface area contributed by atoms with Crippen molar-refractivity contribution in [2.24, 2.45) is 0 Å². The molecule has 2 rings (SSSR count). The minimum atomic E-state index is -2.98. The normalized spacial score (nSPS) is 21.9. The summed E-state index contributed by atoms with van der Waals surface area (Å²) in [6, 6.07) is 1.38. The molecule has 1 aromatic rings. The first-order chi connectivity index (χ1) is 8.37. The van der Waals surface area contributed by atoms with Gasteiger partial charge >= 0.3 is 0 Å². The average Bonchev–Trinajstić information content (AvgIpc) is 2.83. The largest absolute Gasteiger partial charge is 0.382 e. The maximum atomic E-state index is 11.9. The molecule has 1 saturated heterocycles. The van der Waals surface area contributed by atoms with Crippen molar-refractivity contribution in [3.63, 3.8) is 0 Å². The SMILES string of the molecule is CN(C(=O)Cn1ccc(N)n1)C1CCS(=O)(=O)C1. The molecule has 1 aromatic heterocycles. The number of carbonyl (C=O) groups excluding carboxylic acids is 1. The predicted molar refractivity (Wildman–Crippen MR) is 66.5 cm³/mol. The number of hydrogen-bond acceptors (Lipinski definition) is 5. The second kappa shape index (κ2) is 4.60. The Morgan fingerprint density at radius 2 is 2.39 bits per heavy atom. The topological polar surface area (TPSA) is 98.3 Å². The molecule has 0 radical (unpaired) electrons. The van der Waals surface area contributed by atoms with Gasteiger partial charge in [0.15, 0.2) is 9.84 Å². The Hall–Kier alpha value is -1.57. The molecule has 1 amide bonds. The molecule has 1 aliphatic rings. The van der Waals surface area contributed by atoms with E-state index in [-0.39, 0.29) is 30.0 Å². The lowest BCUT2D eigenvalue weighted by Gasteiger charge is -2.23. The van der Waals surface area contributed by atoms with Gasteiger partial charge in [-0.3, -0.25) is 9.48 Å². The van der Waals surface area contributed by atoms with Gasteiger partial charge in [-0.15, -0.1) is 0 Å². The fraction of sp³-hybridized carbons (Fsp3) is 0.600. The molecule has 1 aliphatic heterocycles. The zero-order valence-electron chi connectivity index (χ0n) is 10.1. The van der Waals surface area contributed by atoms with Crippen LogP contribution in [0.1, 0.15) is 6.42 Å². The lowest BCUT2D eigenvalue weighted by Crippen LogP contribution is -2.39. The molecule has 2 N–H and O–H groups in total. The van der Waals surface area contributed by atoms with Crippen LogP contribution >= 0.6 is 0 Å². The Kier molecular flexibility index (Phi) is 3.29. The summed E-state index contributed by atoms with van der Waals surface area (Å²) in [6.45, 7) is 0.0737. The van der Waals surface area contributed by atoms with E-state index >= 15 is 0 Å². The van der Waals surface area contributed by atoms with Gasteiger partial charge in [0.05, 0.1) is 11.5 Å². The lowest BCUT2D eigenvalue weighted by atomic mass is 10.2. The van der Waals surface area contributed by atoms with E-state index in [1.54, 1.807) is 19.3 Å². The Bertz CT molecular complexity index is 551. The molecule has 100 valence electrons. The summed E-state index contributed by atoms with van der Waals surface area (Å²) in [5.41, 5.74) is 5.45. The molecule has 0 aliphatic carbocycles. The van der Waals surface area contributed by atoms with Crippen LogP contribution < -0.4 is 5.73 Å². The van der Waals surface area contributed by atoms with Crippen LogP contribution in [0, 0.1) is 0 Å². The summed E-state index contributed by atoms with van der Waals surface area (Å²) in [5.74, 6) is 0.398. The predicted octanol–water partition coefficient (Wildman–Crippen LogP) is -0.889. The number of aromatic nitrogens is 2. The molecule has 0 saturated carbocycles. The first-order valence-corrected chi connectivity index (χ1v) is 7.44. The molecule has 7 nitrogen and oxygen atoms in total. The van der Waals surface area contributed by atoms with Crippen LogP contribution in [0.5, 0.6) is 0 Å². The number of nitrogens with two attached hydrogens (primary N) is 1. The summed E-state index contributed by atoms with van der Waals surface area (Å²) in [5, 5.41) is 3.92. The van der Waals surface area contributed by atoms with Gasteiger partial charge in [-0.2, -0.15) is 5.10 Å². The van der Waals surface area contributed by atoms with E-state index < -0.39 is 9.84 Å². The number of amides is 1. The Morgan fingerprint density at radius 3 is 2.89 bits per heavy atom. The van der Waals surface area contributed by atoms with E-state index in [0.29, 0.717) is 12.2 Å². The minimum absolute atomic E-state index is 0.0521. The van der Waals surface area contributed by atoms with Crippen molar-refractivity contribution >= 4 is 21.6 Å². The zero-order valence-corrected chi connectivity index (χ0v) is 10.9. The number of likely N-dealkylation sites (N-methyl/N-ethyl adjacent to an activating group) is 1. The zero-order chi connectivity index (χ0) is 13.3. The number of sulfone groups is 1. The third-order valence-electron chi connectivity index (χ3n) is 3.11. The van der Waals surface area contributed by atoms with E-state index in [9.17, 15) is 13.2 Å². The number of anilines is 1. The van der Waals surface area contributed by atoms with Crippen molar-refractivity contribution in [1.82, 2.24) is 14.7 Å². The van der Waals surface area contributed by atoms with Crippen LogP contribution in [0.3, 0.4) is 0 Å². The maximum absolute atomic E-state index is 11.9. The van der Waals surface area contributed by atoms with Gasteiger partial charge in [-0.1, -0.05) is 0 Å². The molecule has 8 heteroatoms. The number of nitrogens with zero attached hydrogens (tertiary/aromatic N) is 3. The van der Waals surface area contributed by atoms with E-state index in [2.05, 4.69) is 5.10 Å². The van der Waals surface area contributed by atoms with Crippen LogP contribution in [0.2, 0.25) is 0 Å². The molecule has 1 fully saturated rings. The van der Waals surface area contributed by atoms with Crippen molar-refractivity contribution in [1.29, 1.82) is 0 Å². The Balaban J connectivity index is 1.97. The summed E-state index contributed by atoms with van der Waals surface area (Å²) >= 11 is 0. The summed E-state index contributed by atoms with van der Waals surface area (Å²) in [4.78, 5) is 13.4. The van der Waals surface area contributed by atoms with E-state index in [1.165, 1.54) is 9.58 Å². The van der Waals surface area contributed by atoms with Gasteiger partial charge in [0.2, 0.25) is 5.91 Å². The standard InChI is InChI=1S/C10H16N4O3S/c1-13(8-3-5-18(16,17)7-8)10(15)6-14-4-2-9(11)12-14/h2,4,8H,3,5-7H2,1H3,(H2,11,12). The summed E-state index contributed by atoms with van der Waals surface area (Å²) < 4.78 is 24.2. The maximum Gasteiger partial charge on any atom is 0.244 e. The van der Waals surface area contributed by atoms with Crippen molar-refractivity contribution in [2.45, 2.75) is 19.0 Å². The Labute approximate surface area is 105 Å². The highest BCUT2D eigenvalue weighted by Gasteiger charge is 2.32. The molecule has 0 aromatic carbocycles. The first kappa shape index (κ1) is 12.9. The van der Waals surface area contributed by atoms with Gasteiger partial charge in [0, 0.05) is 19.3 Å². The van der Waals surface area contributed by atoms with Gasteiger partial charge in [0.1, 0.15) is 12.4 Å². The highest BCUT2D eigenvalue weighted by atomic mass is 32.2. The van der Waals surface area contributed by atoms with Crippen molar-refractivity contribution < 1.29 is 13.2 Å². The third-order valence-corrected chi connectivity index (χ3v) is 4.86. The minimum Gasteiger partial charge on any atom is -0.382 e. The molecule has 1 atom stereocenters. The smallest absolute Gasteiger partial charge is 0.244 e. The number of nitrogen functional groups attached to an aromatic ring is 1. The monoisotopic (exact) mass is 272 g/mol. The quantitative estimate of drug-likeness (QED) is 0.769. The average molecular weight is 272 g/mol.